The first kappa shape index (κ1) is 15.8. The molecule has 0 amide bonds. The lowest BCUT2D eigenvalue weighted by Gasteiger charge is -2.23. The van der Waals surface area contributed by atoms with Crippen LogP contribution in [0.2, 0.25) is 0 Å². The molecular weight excluding hydrogens is 290 g/mol. The van der Waals surface area contributed by atoms with Crippen molar-refractivity contribution in [2.75, 3.05) is 0 Å². The smallest absolute Gasteiger partial charge is 0.226 e. The molecule has 1 atom stereocenters. The molecule has 122 valence electrons. The zero-order chi connectivity index (χ0) is 16.2. The van der Waals surface area contributed by atoms with E-state index in [9.17, 15) is 0 Å². The Labute approximate surface area is 136 Å². The first-order chi connectivity index (χ1) is 11.2. The normalized spacial score (nSPS) is 20.1. The average Bonchev–Trinajstić information content (AvgIpc) is 2.95. The molecule has 0 unspecified atom stereocenters. The summed E-state index contributed by atoms with van der Waals surface area (Å²) in [5, 5.41) is 9.14. The minimum atomic E-state index is 0.154. The van der Waals surface area contributed by atoms with Gasteiger partial charge >= 0.3 is 0 Å². The monoisotopic (exact) mass is 313 g/mol. The highest BCUT2D eigenvalue weighted by Gasteiger charge is 2.19. The molecule has 0 radical (unpaired) electrons. The Kier molecular flexibility index (Phi) is 4.82. The molecule has 23 heavy (non-hydrogen) atoms. The van der Waals surface area contributed by atoms with E-state index in [1.54, 1.807) is 0 Å². The van der Waals surface area contributed by atoms with Gasteiger partial charge in [-0.1, -0.05) is 17.7 Å². The van der Waals surface area contributed by atoms with E-state index < -0.39 is 0 Å². The van der Waals surface area contributed by atoms with Crippen molar-refractivity contribution in [3.05, 3.63) is 53.1 Å². The predicted octanol–water partition coefficient (Wildman–Crippen LogP) is 4.86. The maximum absolute atomic E-state index is 9.14. The number of rotatable bonds is 4. The van der Waals surface area contributed by atoms with E-state index >= 15 is 0 Å². The van der Waals surface area contributed by atoms with E-state index in [0.717, 1.165) is 48.3 Å². The standard InChI is InChI=1S/C19H23NO3/c1-13-6-8-16(9-7-13)19-20-18(14(2)23-19)12-22-17-5-3-4-15(10-17)11-21/h6-9,11,17,21H,3-5,10,12H2,1-2H3/b15-11+/t17-/m0/s1. The van der Waals surface area contributed by atoms with E-state index in [2.05, 4.69) is 24.0 Å². The molecule has 0 aliphatic heterocycles. The van der Waals surface area contributed by atoms with Gasteiger partial charge in [0.05, 0.1) is 19.0 Å². The number of ether oxygens (including phenoxy) is 1. The van der Waals surface area contributed by atoms with Crippen molar-refractivity contribution < 1.29 is 14.3 Å². The Hall–Kier alpha value is -2.07. The number of oxazole rings is 1. The quantitative estimate of drug-likeness (QED) is 0.819. The van der Waals surface area contributed by atoms with Gasteiger partial charge in [0, 0.05) is 5.56 Å². The highest BCUT2D eigenvalue weighted by atomic mass is 16.5. The second-order valence-corrected chi connectivity index (χ2v) is 6.20. The molecule has 1 aromatic heterocycles. The number of nitrogens with zero attached hydrogens (tertiary/aromatic N) is 1. The molecule has 1 aliphatic rings. The SMILES string of the molecule is Cc1ccc(-c2nc(CO[C@H]3CCC/C(=C\O)C3)c(C)o2)cc1. The van der Waals surface area contributed by atoms with Crippen LogP contribution in [0.15, 0.2) is 40.5 Å². The van der Waals surface area contributed by atoms with Gasteiger partial charge in [0.15, 0.2) is 0 Å². The van der Waals surface area contributed by atoms with Gasteiger partial charge in [0.2, 0.25) is 5.89 Å². The first-order valence-electron chi connectivity index (χ1n) is 8.13. The minimum Gasteiger partial charge on any atom is -0.516 e. The van der Waals surface area contributed by atoms with Crippen LogP contribution in [-0.4, -0.2) is 16.2 Å². The molecule has 2 aromatic rings. The number of aromatic nitrogens is 1. The number of hydrogen-bond acceptors (Lipinski definition) is 4. The van der Waals surface area contributed by atoms with Crippen LogP contribution in [0.5, 0.6) is 0 Å². The molecule has 1 aromatic carbocycles. The average molecular weight is 313 g/mol. The summed E-state index contributed by atoms with van der Waals surface area (Å²) in [7, 11) is 0. The van der Waals surface area contributed by atoms with Gasteiger partial charge in [-0.05, 0) is 57.2 Å². The van der Waals surface area contributed by atoms with Gasteiger partial charge < -0.3 is 14.3 Å². The van der Waals surface area contributed by atoms with Crippen molar-refractivity contribution in [3.8, 4) is 11.5 Å². The van der Waals surface area contributed by atoms with Gasteiger partial charge in [0.25, 0.3) is 0 Å². The largest absolute Gasteiger partial charge is 0.516 e. The van der Waals surface area contributed by atoms with E-state index in [1.165, 1.54) is 11.8 Å². The number of aryl methyl sites for hydroxylation is 2. The van der Waals surface area contributed by atoms with Gasteiger partial charge in [-0.15, -0.1) is 0 Å². The lowest BCUT2D eigenvalue weighted by molar-refractivity contribution is 0.0248. The molecule has 4 nitrogen and oxygen atoms in total. The fourth-order valence-corrected chi connectivity index (χ4v) is 2.89. The summed E-state index contributed by atoms with van der Waals surface area (Å²) in [4.78, 5) is 4.58. The van der Waals surface area contributed by atoms with E-state index in [-0.39, 0.29) is 6.10 Å². The zero-order valence-electron chi connectivity index (χ0n) is 13.7. The molecule has 3 rings (SSSR count). The van der Waals surface area contributed by atoms with Crippen LogP contribution in [-0.2, 0) is 11.3 Å². The van der Waals surface area contributed by atoms with Crippen LogP contribution in [0.3, 0.4) is 0 Å². The number of benzene rings is 1. The molecule has 1 aliphatic carbocycles. The van der Waals surface area contributed by atoms with Crippen LogP contribution in [0, 0.1) is 13.8 Å². The van der Waals surface area contributed by atoms with Crippen molar-refractivity contribution in [3.63, 3.8) is 0 Å². The summed E-state index contributed by atoms with van der Waals surface area (Å²) in [5.74, 6) is 1.44. The fourth-order valence-electron chi connectivity index (χ4n) is 2.89. The van der Waals surface area contributed by atoms with E-state index in [0.29, 0.717) is 12.5 Å². The van der Waals surface area contributed by atoms with Crippen molar-refractivity contribution in [1.29, 1.82) is 0 Å². The third-order valence-electron chi connectivity index (χ3n) is 4.34. The van der Waals surface area contributed by atoms with E-state index in [4.69, 9.17) is 14.3 Å². The summed E-state index contributed by atoms with van der Waals surface area (Å²) in [6.45, 7) is 4.43. The molecule has 0 bridgehead atoms. The number of aliphatic hydroxyl groups excluding tert-OH is 1. The second-order valence-electron chi connectivity index (χ2n) is 6.20. The molecule has 1 heterocycles. The lowest BCUT2D eigenvalue weighted by Crippen LogP contribution is -2.18. The molecule has 0 saturated heterocycles. The third kappa shape index (κ3) is 3.82. The van der Waals surface area contributed by atoms with Crippen LogP contribution in [0.1, 0.15) is 42.7 Å². The molecule has 1 N–H and O–H groups in total. The van der Waals surface area contributed by atoms with Gasteiger partial charge in [-0.25, -0.2) is 4.98 Å². The Morgan fingerprint density at radius 3 is 2.83 bits per heavy atom. The Morgan fingerprint density at radius 1 is 1.30 bits per heavy atom. The predicted molar refractivity (Wildman–Crippen MR) is 89.2 cm³/mol. The molecule has 0 spiro atoms. The van der Waals surface area contributed by atoms with E-state index in [1.807, 2.05) is 19.1 Å². The Balaban J connectivity index is 1.66. The van der Waals surface area contributed by atoms with Crippen LogP contribution < -0.4 is 0 Å². The summed E-state index contributed by atoms with van der Waals surface area (Å²) < 4.78 is 11.8. The Morgan fingerprint density at radius 2 is 2.09 bits per heavy atom. The topological polar surface area (TPSA) is 55.5 Å². The maximum Gasteiger partial charge on any atom is 0.226 e. The molecule has 1 fully saturated rings. The van der Waals surface area contributed by atoms with Crippen molar-refractivity contribution >= 4 is 0 Å². The van der Waals surface area contributed by atoms with Crippen molar-refractivity contribution in [1.82, 2.24) is 4.98 Å². The summed E-state index contributed by atoms with van der Waals surface area (Å²) in [6, 6.07) is 8.14. The van der Waals surface area contributed by atoms with Gasteiger partial charge in [-0.2, -0.15) is 0 Å². The lowest BCUT2D eigenvalue weighted by atomic mass is 9.93. The fraction of sp³-hybridized carbons (Fsp3) is 0.421. The maximum atomic E-state index is 9.14. The highest BCUT2D eigenvalue weighted by molar-refractivity contribution is 5.54. The second kappa shape index (κ2) is 7.01. The first-order valence-corrected chi connectivity index (χ1v) is 8.13. The molecule has 4 heteroatoms. The summed E-state index contributed by atoms with van der Waals surface area (Å²) >= 11 is 0. The van der Waals surface area contributed by atoms with Crippen molar-refractivity contribution in [2.45, 2.75) is 52.2 Å². The summed E-state index contributed by atoms with van der Waals surface area (Å²) in [5.41, 5.74) is 4.11. The highest BCUT2D eigenvalue weighted by Crippen LogP contribution is 2.27. The number of aliphatic hydroxyl groups is 1. The van der Waals surface area contributed by atoms with Crippen LogP contribution in [0.25, 0.3) is 11.5 Å². The summed E-state index contributed by atoms with van der Waals surface area (Å²) in [6.07, 6.45) is 5.24. The third-order valence-corrected chi connectivity index (χ3v) is 4.34. The number of hydrogen-bond donors (Lipinski definition) is 1. The van der Waals surface area contributed by atoms with Crippen LogP contribution in [0.4, 0.5) is 0 Å². The van der Waals surface area contributed by atoms with Gasteiger partial charge in [-0.3, -0.25) is 0 Å². The zero-order valence-corrected chi connectivity index (χ0v) is 13.7. The molecule has 1 saturated carbocycles. The minimum absolute atomic E-state index is 0.154. The van der Waals surface area contributed by atoms with Crippen LogP contribution >= 0.6 is 0 Å². The Bertz CT molecular complexity index is 685. The molecular formula is C19H23NO3. The van der Waals surface area contributed by atoms with Crippen molar-refractivity contribution in [2.24, 2.45) is 0 Å². The van der Waals surface area contributed by atoms with Gasteiger partial charge in [0.1, 0.15) is 11.5 Å².